The lowest BCUT2D eigenvalue weighted by molar-refractivity contribution is -0.139. The Morgan fingerprint density at radius 2 is 1.82 bits per heavy atom. The number of likely N-dealkylation sites (N-methyl/N-ethyl adjacent to an activating group) is 1. The van der Waals surface area contributed by atoms with E-state index in [1.54, 1.807) is 38.1 Å². The van der Waals surface area contributed by atoms with Crippen molar-refractivity contribution >= 4 is 50.7 Å². The molecule has 8 nitrogen and oxygen atoms in total. The molecule has 1 N–H and O–H groups in total. The molecule has 11 heteroatoms. The number of halogens is 2. The number of sulfonamides is 1. The molecule has 0 heterocycles. The lowest BCUT2D eigenvalue weighted by Crippen LogP contribution is -2.51. The number of nitrogens with one attached hydrogen (secondary N) is 1. The van der Waals surface area contributed by atoms with E-state index in [9.17, 15) is 18.0 Å². The van der Waals surface area contributed by atoms with Gasteiger partial charge in [-0.1, -0.05) is 41.4 Å². The van der Waals surface area contributed by atoms with E-state index < -0.39 is 28.5 Å². The summed E-state index contributed by atoms with van der Waals surface area (Å²) in [6, 6.07) is 10.7. The van der Waals surface area contributed by atoms with Crippen molar-refractivity contribution < 1.29 is 22.7 Å². The van der Waals surface area contributed by atoms with Crippen LogP contribution in [0.5, 0.6) is 5.75 Å². The summed E-state index contributed by atoms with van der Waals surface area (Å²) in [6.07, 6.45) is 0.969. The first-order valence-electron chi connectivity index (χ1n) is 10.1. The minimum Gasteiger partial charge on any atom is -0.497 e. The largest absolute Gasteiger partial charge is 0.497 e. The van der Waals surface area contributed by atoms with E-state index in [0.29, 0.717) is 17.9 Å². The number of rotatable bonds is 10. The predicted molar refractivity (Wildman–Crippen MR) is 130 cm³/mol. The van der Waals surface area contributed by atoms with Crippen LogP contribution in [0.15, 0.2) is 42.5 Å². The lowest BCUT2D eigenvalue weighted by atomic mass is 10.1. The smallest absolute Gasteiger partial charge is 0.244 e. The van der Waals surface area contributed by atoms with Gasteiger partial charge in [-0.05, 0) is 43.7 Å². The van der Waals surface area contributed by atoms with Gasteiger partial charge in [0.25, 0.3) is 0 Å². The van der Waals surface area contributed by atoms with Crippen molar-refractivity contribution in [2.75, 3.05) is 30.8 Å². The van der Waals surface area contributed by atoms with Crippen LogP contribution in [0, 0.1) is 0 Å². The van der Waals surface area contributed by atoms with Crippen molar-refractivity contribution in [1.29, 1.82) is 0 Å². The highest BCUT2D eigenvalue weighted by molar-refractivity contribution is 7.92. The molecule has 0 aliphatic rings. The van der Waals surface area contributed by atoms with Gasteiger partial charge in [-0.25, -0.2) is 8.42 Å². The molecular formula is C22H27Cl2N3O5S. The maximum absolute atomic E-state index is 13.4. The maximum atomic E-state index is 13.4. The number of amides is 2. The van der Waals surface area contributed by atoms with E-state index >= 15 is 0 Å². The number of anilines is 1. The van der Waals surface area contributed by atoms with Crippen LogP contribution in [-0.2, 0) is 26.2 Å². The van der Waals surface area contributed by atoms with Gasteiger partial charge in [0.1, 0.15) is 18.3 Å². The summed E-state index contributed by atoms with van der Waals surface area (Å²) < 4.78 is 31.2. The van der Waals surface area contributed by atoms with Gasteiger partial charge >= 0.3 is 0 Å². The molecule has 0 saturated heterocycles. The molecule has 2 amide bonds. The molecule has 0 aliphatic carbocycles. The van der Waals surface area contributed by atoms with Gasteiger partial charge in [0, 0.05) is 13.1 Å². The van der Waals surface area contributed by atoms with E-state index in [2.05, 4.69) is 5.32 Å². The third-order valence-electron chi connectivity index (χ3n) is 4.88. The summed E-state index contributed by atoms with van der Waals surface area (Å²) in [5.74, 6) is -0.354. The second-order valence-corrected chi connectivity index (χ2v) is 9.98. The molecule has 0 aromatic heterocycles. The van der Waals surface area contributed by atoms with Crippen molar-refractivity contribution in [2.45, 2.75) is 26.4 Å². The second kappa shape index (κ2) is 11.6. The molecule has 0 spiro atoms. The molecule has 1 unspecified atom stereocenters. The van der Waals surface area contributed by atoms with E-state index in [-0.39, 0.29) is 28.2 Å². The average molecular weight is 516 g/mol. The van der Waals surface area contributed by atoms with Gasteiger partial charge in [0.05, 0.1) is 29.1 Å². The average Bonchev–Trinajstić information content (AvgIpc) is 2.77. The fraction of sp³-hybridized carbons (Fsp3) is 0.364. The fourth-order valence-corrected chi connectivity index (χ4v) is 4.45. The summed E-state index contributed by atoms with van der Waals surface area (Å²) in [5.41, 5.74) is 0.789. The van der Waals surface area contributed by atoms with Crippen LogP contribution in [-0.4, -0.2) is 57.6 Å². The molecule has 1 atom stereocenters. The molecular weight excluding hydrogens is 489 g/mol. The van der Waals surface area contributed by atoms with Gasteiger partial charge in [0.2, 0.25) is 21.8 Å². The standard InChI is InChI=1S/C22H27Cl2N3O5S/c1-5-25-22(29)15(2)26(13-16-8-6-9-17(12-16)32-3)20(28)14-27(33(4,30)31)19-11-7-10-18(23)21(19)24/h6-12,15H,5,13-14H2,1-4H3,(H,25,29). The van der Waals surface area contributed by atoms with Crippen molar-refractivity contribution in [2.24, 2.45) is 0 Å². The Labute approximate surface area is 204 Å². The maximum Gasteiger partial charge on any atom is 0.244 e. The Bertz CT molecular complexity index is 1110. The van der Waals surface area contributed by atoms with Crippen molar-refractivity contribution in [3.05, 3.63) is 58.1 Å². The van der Waals surface area contributed by atoms with Crippen molar-refractivity contribution in [1.82, 2.24) is 10.2 Å². The normalized spacial score (nSPS) is 12.1. The molecule has 2 aromatic carbocycles. The summed E-state index contributed by atoms with van der Waals surface area (Å²) in [6.45, 7) is 3.24. The molecule has 2 rings (SSSR count). The van der Waals surface area contributed by atoms with Gasteiger partial charge in [-0.3, -0.25) is 13.9 Å². The second-order valence-electron chi connectivity index (χ2n) is 7.29. The predicted octanol–water partition coefficient (Wildman–Crippen LogP) is 3.32. The molecule has 180 valence electrons. The zero-order valence-electron chi connectivity index (χ0n) is 18.8. The number of hydrogen-bond acceptors (Lipinski definition) is 5. The molecule has 0 bridgehead atoms. The van der Waals surface area contributed by atoms with Crippen LogP contribution in [0.2, 0.25) is 10.0 Å². The van der Waals surface area contributed by atoms with Gasteiger partial charge in [-0.2, -0.15) is 0 Å². The molecule has 2 aromatic rings. The first-order valence-corrected chi connectivity index (χ1v) is 12.7. The Morgan fingerprint density at radius 1 is 1.15 bits per heavy atom. The SMILES string of the molecule is CCNC(=O)C(C)N(Cc1cccc(OC)c1)C(=O)CN(c1cccc(Cl)c1Cl)S(C)(=O)=O. The number of methoxy groups -OCH3 is 1. The van der Waals surface area contributed by atoms with Crippen molar-refractivity contribution in [3.8, 4) is 5.75 Å². The first kappa shape index (κ1) is 26.8. The number of benzene rings is 2. The Balaban J connectivity index is 2.44. The highest BCUT2D eigenvalue weighted by Gasteiger charge is 2.31. The number of carbonyl (C=O) groups is 2. The topological polar surface area (TPSA) is 96.0 Å². The van der Waals surface area contributed by atoms with E-state index in [1.807, 2.05) is 0 Å². The zero-order valence-corrected chi connectivity index (χ0v) is 21.2. The van der Waals surface area contributed by atoms with Gasteiger partial charge in [-0.15, -0.1) is 0 Å². The summed E-state index contributed by atoms with van der Waals surface area (Å²) in [4.78, 5) is 27.3. The summed E-state index contributed by atoms with van der Waals surface area (Å²) >= 11 is 12.3. The van der Waals surface area contributed by atoms with Gasteiger partial charge in [0.15, 0.2) is 0 Å². The van der Waals surface area contributed by atoms with Crippen LogP contribution < -0.4 is 14.4 Å². The highest BCUT2D eigenvalue weighted by atomic mass is 35.5. The van der Waals surface area contributed by atoms with Crippen LogP contribution in [0.3, 0.4) is 0 Å². The third-order valence-corrected chi connectivity index (χ3v) is 6.82. The molecule has 33 heavy (non-hydrogen) atoms. The fourth-order valence-electron chi connectivity index (χ4n) is 3.15. The van der Waals surface area contributed by atoms with E-state index in [4.69, 9.17) is 27.9 Å². The quantitative estimate of drug-likeness (QED) is 0.523. The number of ether oxygens (including phenoxy) is 1. The monoisotopic (exact) mass is 515 g/mol. The lowest BCUT2D eigenvalue weighted by Gasteiger charge is -2.31. The zero-order chi connectivity index (χ0) is 24.8. The molecule has 0 aliphatic heterocycles. The van der Waals surface area contributed by atoms with E-state index in [0.717, 1.165) is 10.6 Å². The number of hydrogen-bond donors (Lipinski definition) is 1. The molecule has 0 fully saturated rings. The van der Waals surface area contributed by atoms with E-state index in [1.165, 1.54) is 30.2 Å². The Kier molecular flexibility index (Phi) is 9.39. The van der Waals surface area contributed by atoms with Crippen LogP contribution in [0.1, 0.15) is 19.4 Å². The number of carbonyl (C=O) groups excluding carboxylic acids is 2. The van der Waals surface area contributed by atoms with Gasteiger partial charge < -0.3 is 15.0 Å². The Morgan fingerprint density at radius 3 is 2.42 bits per heavy atom. The third kappa shape index (κ3) is 6.99. The van der Waals surface area contributed by atoms with Crippen LogP contribution >= 0.6 is 23.2 Å². The number of nitrogens with zero attached hydrogens (tertiary/aromatic N) is 2. The minimum absolute atomic E-state index is 0.00788. The van der Waals surface area contributed by atoms with Crippen LogP contribution in [0.25, 0.3) is 0 Å². The van der Waals surface area contributed by atoms with Crippen molar-refractivity contribution in [3.63, 3.8) is 0 Å². The minimum atomic E-state index is -3.90. The summed E-state index contributed by atoms with van der Waals surface area (Å²) in [7, 11) is -2.38. The highest BCUT2D eigenvalue weighted by Crippen LogP contribution is 2.33. The Hall–Kier alpha value is -2.49. The first-order chi connectivity index (χ1) is 15.5. The van der Waals surface area contributed by atoms with Crippen LogP contribution in [0.4, 0.5) is 5.69 Å². The summed E-state index contributed by atoms with van der Waals surface area (Å²) in [5, 5.41) is 2.85. The molecule has 0 radical (unpaired) electrons. The molecule has 0 saturated carbocycles.